The number of carbonyl (C=O) groups excluding carboxylic acids is 7. The average Bonchev–Trinajstić information content (AvgIpc) is 3.75. The van der Waals surface area contributed by atoms with E-state index in [1.165, 1.54) is 24.0 Å². The molecule has 4 rings (SSSR count). The van der Waals surface area contributed by atoms with Crippen LogP contribution in [0.1, 0.15) is 92.9 Å². The number of ether oxygens (including phenoxy) is 6. The van der Waals surface area contributed by atoms with Gasteiger partial charge in [0.15, 0.2) is 13.5 Å². The van der Waals surface area contributed by atoms with Gasteiger partial charge in [-0.1, -0.05) is 37.1 Å². The number of nitrogens with two attached hydrogens (primary N) is 1. The van der Waals surface area contributed by atoms with Crippen LogP contribution in [-0.2, 0) is 47.6 Å². The zero-order valence-electron chi connectivity index (χ0n) is 37.0. The number of nitrogens with one attached hydrogen (secondary N) is 3. The van der Waals surface area contributed by atoms with Gasteiger partial charge in [-0.3, -0.25) is 30.0 Å². The number of hydrogen-bond acceptors (Lipinski definition) is 15. The van der Waals surface area contributed by atoms with Crippen LogP contribution in [0.5, 0.6) is 0 Å². The molecule has 0 aliphatic carbocycles. The quantitative estimate of drug-likeness (QED) is 0.0607. The molecular formula is C42H60N6O15. The fraction of sp³-hybridized carbons (Fsp3) is 0.524. The van der Waals surface area contributed by atoms with E-state index in [0.29, 0.717) is 61.3 Å². The third kappa shape index (κ3) is 19.6. The van der Waals surface area contributed by atoms with Gasteiger partial charge < -0.3 is 44.6 Å². The Kier molecular flexibility index (Phi) is 20.9. The van der Waals surface area contributed by atoms with E-state index in [1.54, 1.807) is 90.1 Å². The summed E-state index contributed by atoms with van der Waals surface area (Å²) in [4.78, 5) is 94.5. The Balaban J connectivity index is 0.000000359. The third-order valence-electron chi connectivity index (χ3n) is 8.49. The molecule has 348 valence electrons. The van der Waals surface area contributed by atoms with Crippen LogP contribution in [0.3, 0.4) is 0 Å². The number of esters is 2. The van der Waals surface area contributed by atoms with Crippen LogP contribution in [0.15, 0.2) is 48.5 Å². The number of rotatable bonds is 13. The number of aliphatic carboxylic acids is 1. The van der Waals surface area contributed by atoms with Crippen LogP contribution in [-0.4, -0.2) is 114 Å². The smallest absolute Gasteiger partial charge is 0.412 e. The number of unbranched alkanes of at least 4 members (excludes halogenated alkanes) is 2. The zero-order chi connectivity index (χ0) is 47.3. The van der Waals surface area contributed by atoms with Gasteiger partial charge in [0.25, 0.3) is 0 Å². The number of benzene rings is 2. The molecule has 21 heteroatoms. The molecule has 2 aromatic carbocycles. The standard InChI is InChI=1S/C21H29N3O7.C11H16N2O2.C10H15NO6/c1-21(2,3)31-19(27)23-15-10-6-5-9-14(15)22-17(25)12-8-7-11-16-18(26)30-13-24(16)20(28)29-4;1-11(2,3)15-10(14)13-9-7-5-4-6-8(9)12;1-16-10(15)11-6-17-9(14)7(11)4-2-3-5-8(12)13/h5-6,9-10,16H,7-8,11-13H2,1-4H3,(H,22,25)(H,23,27);4-7H,12H2,1-3H3,(H,13,14);7H,2-6H2,1H3,(H,12,13). The van der Waals surface area contributed by atoms with Crippen LogP contribution < -0.4 is 21.7 Å². The number of anilines is 4. The van der Waals surface area contributed by atoms with Gasteiger partial charge in [-0.25, -0.2) is 28.8 Å². The van der Waals surface area contributed by atoms with E-state index in [2.05, 4.69) is 25.4 Å². The van der Waals surface area contributed by atoms with Gasteiger partial charge in [0.05, 0.1) is 37.0 Å². The van der Waals surface area contributed by atoms with Crippen molar-refractivity contribution >= 4 is 70.9 Å². The molecule has 0 spiro atoms. The molecule has 0 saturated carbocycles. The lowest BCUT2D eigenvalue weighted by Gasteiger charge is -2.20. The van der Waals surface area contributed by atoms with Crippen LogP contribution in [0.25, 0.3) is 0 Å². The van der Waals surface area contributed by atoms with E-state index in [9.17, 15) is 38.4 Å². The van der Waals surface area contributed by atoms with Gasteiger partial charge in [0.1, 0.15) is 23.3 Å². The number of cyclic esters (lactones) is 2. The normalized spacial score (nSPS) is 15.5. The molecule has 2 saturated heterocycles. The molecule has 2 aromatic rings. The molecule has 2 aliphatic rings. The second-order valence-corrected chi connectivity index (χ2v) is 15.9. The summed E-state index contributed by atoms with van der Waals surface area (Å²) >= 11 is 0. The number of carboxylic acid groups (broad SMARTS) is 1. The summed E-state index contributed by atoms with van der Waals surface area (Å²) in [5.41, 5.74) is 6.47. The van der Waals surface area contributed by atoms with Gasteiger partial charge in [0, 0.05) is 12.8 Å². The first-order valence-electron chi connectivity index (χ1n) is 20.0. The van der Waals surface area contributed by atoms with Crippen LogP contribution in [0, 0.1) is 0 Å². The molecule has 21 nitrogen and oxygen atoms in total. The predicted molar refractivity (Wildman–Crippen MR) is 228 cm³/mol. The van der Waals surface area contributed by atoms with E-state index in [0.717, 1.165) is 0 Å². The van der Waals surface area contributed by atoms with E-state index in [4.69, 9.17) is 29.8 Å². The van der Waals surface area contributed by atoms with E-state index in [1.807, 2.05) is 0 Å². The van der Waals surface area contributed by atoms with Crippen LogP contribution in [0.2, 0.25) is 0 Å². The zero-order valence-corrected chi connectivity index (χ0v) is 37.0. The maximum Gasteiger partial charge on any atom is 0.412 e. The SMILES string of the molecule is CC(C)(C)OC(=O)Nc1ccccc1N.COC(=O)N1COC(=O)C1CCCCC(=O)Nc1ccccc1NC(=O)OC(C)(C)C.COC(=O)N1COC(=O)C1CCCCC(=O)O. The third-order valence-corrected chi connectivity index (χ3v) is 8.49. The fourth-order valence-electron chi connectivity index (χ4n) is 5.62. The molecule has 2 heterocycles. The van der Waals surface area contributed by atoms with Gasteiger partial charge in [-0.2, -0.15) is 0 Å². The highest BCUT2D eigenvalue weighted by Crippen LogP contribution is 2.24. The Morgan fingerprint density at radius 2 is 1.05 bits per heavy atom. The second kappa shape index (κ2) is 25.2. The Bertz CT molecular complexity index is 1890. The Labute approximate surface area is 366 Å². The van der Waals surface area contributed by atoms with Crippen molar-refractivity contribution in [2.45, 2.75) is 116 Å². The monoisotopic (exact) mass is 888 g/mol. The number of nitrogens with zero attached hydrogens (tertiary/aromatic N) is 2. The van der Waals surface area contributed by atoms with Crippen LogP contribution in [0.4, 0.5) is 41.9 Å². The Hall–Kier alpha value is -6.80. The fourth-order valence-corrected chi connectivity index (χ4v) is 5.62. The van der Waals surface area contributed by atoms with Crippen molar-refractivity contribution in [3.8, 4) is 0 Å². The highest BCUT2D eigenvalue weighted by atomic mass is 16.6. The molecule has 0 aromatic heterocycles. The summed E-state index contributed by atoms with van der Waals surface area (Å²) < 4.78 is 29.1. The van der Waals surface area contributed by atoms with Crippen molar-refractivity contribution in [2.24, 2.45) is 0 Å². The van der Waals surface area contributed by atoms with E-state index >= 15 is 0 Å². The van der Waals surface area contributed by atoms with Crippen LogP contribution >= 0.6 is 0 Å². The van der Waals surface area contributed by atoms with Gasteiger partial charge >= 0.3 is 42.3 Å². The molecule has 0 radical (unpaired) electrons. The average molecular weight is 889 g/mol. The summed E-state index contributed by atoms with van der Waals surface area (Å²) in [7, 11) is 2.47. The van der Waals surface area contributed by atoms with Crippen molar-refractivity contribution in [1.29, 1.82) is 0 Å². The van der Waals surface area contributed by atoms with Crippen molar-refractivity contribution in [2.75, 3.05) is 49.4 Å². The summed E-state index contributed by atoms with van der Waals surface area (Å²) in [6, 6.07) is 12.5. The molecular weight excluding hydrogens is 828 g/mol. The minimum absolute atomic E-state index is 0.0555. The highest BCUT2D eigenvalue weighted by Gasteiger charge is 2.39. The summed E-state index contributed by atoms with van der Waals surface area (Å²) in [6.45, 7) is 10.5. The Morgan fingerprint density at radius 1 is 0.651 bits per heavy atom. The van der Waals surface area contributed by atoms with Gasteiger partial charge in [0.2, 0.25) is 5.91 Å². The molecule has 2 fully saturated rings. The molecule has 2 atom stereocenters. The maximum atomic E-state index is 12.3. The van der Waals surface area contributed by atoms with Crippen molar-refractivity contribution < 1.29 is 71.9 Å². The summed E-state index contributed by atoms with van der Waals surface area (Å²) in [5, 5.41) is 16.4. The number of carboxylic acids is 1. The van der Waals surface area contributed by atoms with E-state index < -0.39 is 65.6 Å². The molecule has 2 unspecified atom stereocenters. The second-order valence-electron chi connectivity index (χ2n) is 15.9. The van der Waals surface area contributed by atoms with Crippen molar-refractivity contribution in [3.63, 3.8) is 0 Å². The number of methoxy groups -OCH3 is 2. The Morgan fingerprint density at radius 3 is 1.46 bits per heavy atom. The lowest BCUT2D eigenvalue weighted by Crippen LogP contribution is -2.38. The van der Waals surface area contributed by atoms with Crippen molar-refractivity contribution in [1.82, 2.24) is 9.80 Å². The number of amides is 5. The number of para-hydroxylation sites is 4. The first-order valence-corrected chi connectivity index (χ1v) is 20.0. The largest absolute Gasteiger partial charge is 0.481 e. The molecule has 5 amide bonds. The molecule has 6 N–H and O–H groups in total. The first kappa shape index (κ1) is 52.3. The minimum Gasteiger partial charge on any atom is -0.481 e. The summed E-state index contributed by atoms with van der Waals surface area (Å²) in [6.07, 6.45) is 0.730. The topological polar surface area (TPSA) is 281 Å². The minimum atomic E-state index is -0.871. The van der Waals surface area contributed by atoms with Crippen molar-refractivity contribution in [3.05, 3.63) is 48.5 Å². The molecule has 63 heavy (non-hydrogen) atoms. The highest BCUT2D eigenvalue weighted by molar-refractivity contribution is 5.98. The lowest BCUT2D eigenvalue weighted by molar-refractivity contribution is -0.140. The van der Waals surface area contributed by atoms with E-state index in [-0.39, 0.29) is 32.2 Å². The number of nitrogen functional groups attached to an aromatic ring is 1. The maximum absolute atomic E-state index is 12.3. The lowest BCUT2D eigenvalue weighted by atomic mass is 10.1. The summed E-state index contributed by atoms with van der Waals surface area (Å²) in [5.74, 6) is -2.05. The molecule has 0 bridgehead atoms. The number of hydrogen-bond donors (Lipinski definition) is 5. The number of carbonyl (C=O) groups is 8. The van der Waals surface area contributed by atoms with Gasteiger partial charge in [-0.15, -0.1) is 0 Å². The van der Waals surface area contributed by atoms with Gasteiger partial charge in [-0.05, 0) is 91.5 Å². The predicted octanol–water partition coefficient (Wildman–Crippen LogP) is 6.68. The first-order chi connectivity index (χ1) is 29.5. The molecule has 2 aliphatic heterocycles.